The van der Waals surface area contributed by atoms with Crippen molar-refractivity contribution in [3.05, 3.63) is 41.5 Å². The SMILES string of the molecule is Cc1cc(NCc2cnc(N(C)C)n2C)ccc1F. The van der Waals surface area contributed by atoms with Crippen LogP contribution in [0.4, 0.5) is 16.0 Å². The summed E-state index contributed by atoms with van der Waals surface area (Å²) < 4.78 is 15.2. The molecule has 2 rings (SSSR count). The van der Waals surface area contributed by atoms with Gasteiger partial charge in [-0.15, -0.1) is 0 Å². The van der Waals surface area contributed by atoms with Gasteiger partial charge in [-0.1, -0.05) is 0 Å². The van der Waals surface area contributed by atoms with Crippen LogP contribution in [0.15, 0.2) is 24.4 Å². The second kappa shape index (κ2) is 5.30. The highest BCUT2D eigenvalue weighted by atomic mass is 19.1. The lowest BCUT2D eigenvalue weighted by molar-refractivity contribution is 0.618. The Labute approximate surface area is 112 Å². The molecule has 19 heavy (non-hydrogen) atoms. The number of nitrogens with one attached hydrogen (secondary N) is 1. The third kappa shape index (κ3) is 2.86. The van der Waals surface area contributed by atoms with Gasteiger partial charge in [0.05, 0.1) is 18.4 Å². The highest BCUT2D eigenvalue weighted by Gasteiger charge is 2.07. The fourth-order valence-corrected chi connectivity index (χ4v) is 1.96. The fraction of sp³-hybridized carbons (Fsp3) is 0.357. The normalized spacial score (nSPS) is 10.6. The minimum absolute atomic E-state index is 0.180. The summed E-state index contributed by atoms with van der Waals surface area (Å²) in [6, 6.07) is 5.02. The number of aromatic nitrogens is 2. The zero-order valence-corrected chi connectivity index (χ0v) is 11.7. The Morgan fingerprint density at radius 2 is 2.11 bits per heavy atom. The molecule has 0 radical (unpaired) electrons. The Kier molecular flexibility index (Phi) is 3.74. The number of rotatable bonds is 4. The van der Waals surface area contributed by atoms with Crippen LogP contribution in [0.1, 0.15) is 11.3 Å². The maximum atomic E-state index is 13.2. The number of aryl methyl sites for hydroxylation is 1. The Morgan fingerprint density at radius 3 is 2.68 bits per heavy atom. The van der Waals surface area contributed by atoms with E-state index >= 15 is 0 Å². The van der Waals surface area contributed by atoms with Crippen LogP contribution in [0.3, 0.4) is 0 Å². The number of hydrogen-bond acceptors (Lipinski definition) is 3. The number of hydrogen-bond donors (Lipinski definition) is 1. The van der Waals surface area contributed by atoms with Crippen LogP contribution in [-0.2, 0) is 13.6 Å². The molecule has 0 amide bonds. The van der Waals surface area contributed by atoms with Gasteiger partial charge in [0.2, 0.25) is 5.95 Å². The van der Waals surface area contributed by atoms with E-state index in [9.17, 15) is 4.39 Å². The molecule has 0 aliphatic heterocycles. The molecular formula is C14H19FN4. The minimum atomic E-state index is -0.180. The average molecular weight is 262 g/mol. The van der Waals surface area contributed by atoms with Crippen molar-refractivity contribution in [1.82, 2.24) is 9.55 Å². The van der Waals surface area contributed by atoms with Crippen LogP contribution in [-0.4, -0.2) is 23.6 Å². The summed E-state index contributed by atoms with van der Waals surface area (Å²) in [7, 11) is 5.90. The molecular weight excluding hydrogens is 243 g/mol. The molecule has 1 aromatic heterocycles. The maximum Gasteiger partial charge on any atom is 0.204 e. The van der Waals surface area contributed by atoms with Gasteiger partial charge in [0.15, 0.2) is 0 Å². The van der Waals surface area contributed by atoms with E-state index in [-0.39, 0.29) is 5.82 Å². The Morgan fingerprint density at radius 1 is 1.37 bits per heavy atom. The molecule has 5 heteroatoms. The lowest BCUT2D eigenvalue weighted by Gasteiger charge is -2.13. The van der Waals surface area contributed by atoms with E-state index in [1.54, 1.807) is 19.1 Å². The summed E-state index contributed by atoms with van der Waals surface area (Å²) >= 11 is 0. The highest BCUT2D eigenvalue weighted by molar-refractivity contribution is 5.46. The molecule has 0 saturated heterocycles. The molecule has 1 aromatic carbocycles. The van der Waals surface area contributed by atoms with Crippen molar-refractivity contribution < 1.29 is 4.39 Å². The van der Waals surface area contributed by atoms with Crippen LogP contribution >= 0.6 is 0 Å². The zero-order valence-electron chi connectivity index (χ0n) is 11.7. The smallest absolute Gasteiger partial charge is 0.204 e. The molecule has 2 aromatic rings. The highest BCUT2D eigenvalue weighted by Crippen LogP contribution is 2.16. The molecule has 0 unspecified atom stereocenters. The molecule has 0 atom stereocenters. The van der Waals surface area contributed by atoms with Gasteiger partial charge < -0.3 is 14.8 Å². The monoisotopic (exact) mass is 262 g/mol. The number of anilines is 2. The molecule has 0 aliphatic rings. The van der Waals surface area contributed by atoms with Crippen molar-refractivity contribution in [2.24, 2.45) is 7.05 Å². The summed E-state index contributed by atoms with van der Waals surface area (Å²) in [4.78, 5) is 6.31. The van der Waals surface area contributed by atoms with Crippen LogP contribution in [0.25, 0.3) is 0 Å². The van der Waals surface area contributed by atoms with E-state index in [0.29, 0.717) is 12.1 Å². The Hall–Kier alpha value is -2.04. The van der Waals surface area contributed by atoms with Crippen molar-refractivity contribution in [3.8, 4) is 0 Å². The molecule has 0 spiro atoms. The number of imidazole rings is 1. The number of halogens is 1. The van der Waals surface area contributed by atoms with Gasteiger partial charge >= 0.3 is 0 Å². The van der Waals surface area contributed by atoms with Crippen molar-refractivity contribution >= 4 is 11.6 Å². The summed E-state index contributed by atoms with van der Waals surface area (Å²) in [6.07, 6.45) is 1.85. The van der Waals surface area contributed by atoms with Gasteiger partial charge in [-0.3, -0.25) is 0 Å². The van der Waals surface area contributed by atoms with Gasteiger partial charge in [-0.25, -0.2) is 9.37 Å². The van der Waals surface area contributed by atoms with Crippen LogP contribution in [0.5, 0.6) is 0 Å². The van der Waals surface area contributed by atoms with Crippen LogP contribution < -0.4 is 10.2 Å². The zero-order chi connectivity index (χ0) is 14.0. The van der Waals surface area contributed by atoms with Gasteiger partial charge in [0.25, 0.3) is 0 Å². The Bertz CT molecular complexity index is 575. The summed E-state index contributed by atoms with van der Waals surface area (Å²) in [6.45, 7) is 2.41. The van der Waals surface area contributed by atoms with E-state index < -0.39 is 0 Å². The van der Waals surface area contributed by atoms with E-state index in [4.69, 9.17) is 0 Å². The third-order valence-corrected chi connectivity index (χ3v) is 3.09. The summed E-state index contributed by atoms with van der Waals surface area (Å²) in [5, 5.41) is 3.28. The topological polar surface area (TPSA) is 33.1 Å². The molecule has 0 aliphatic carbocycles. The second-order valence-electron chi connectivity index (χ2n) is 4.82. The molecule has 0 bridgehead atoms. The van der Waals surface area contributed by atoms with Crippen molar-refractivity contribution in [2.45, 2.75) is 13.5 Å². The minimum Gasteiger partial charge on any atom is -0.379 e. The fourth-order valence-electron chi connectivity index (χ4n) is 1.96. The van der Waals surface area contributed by atoms with Crippen LogP contribution in [0, 0.1) is 12.7 Å². The lowest BCUT2D eigenvalue weighted by Crippen LogP contribution is -2.15. The lowest BCUT2D eigenvalue weighted by atomic mass is 10.2. The predicted molar refractivity (Wildman–Crippen MR) is 76.0 cm³/mol. The Balaban J connectivity index is 2.08. The molecule has 4 nitrogen and oxygen atoms in total. The summed E-state index contributed by atoms with van der Waals surface area (Å²) in [5.74, 6) is 0.730. The first-order valence-corrected chi connectivity index (χ1v) is 6.17. The van der Waals surface area contributed by atoms with Gasteiger partial charge in [-0.2, -0.15) is 0 Å². The van der Waals surface area contributed by atoms with Crippen molar-refractivity contribution in [2.75, 3.05) is 24.3 Å². The first-order valence-electron chi connectivity index (χ1n) is 6.17. The first kappa shape index (κ1) is 13.4. The van der Waals surface area contributed by atoms with Crippen LogP contribution in [0.2, 0.25) is 0 Å². The average Bonchev–Trinajstić information content (AvgIpc) is 2.72. The van der Waals surface area contributed by atoms with Gasteiger partial charge in [0.1, 0.15) is 5.82 Å². The van der Waals surface area contributed by atoms with E-state index in [1.165, 1.54) is 6.07 Å². The number of nitrogens with zero attached hydrogens (tertiary/aromatic N) is 3. The van der Waals surface area contributed by atoms with Gasteiger partial charge in [0, 0.05) is 26.8 Å². The maximum absolute atomic E-state index is 13.2. The third-order valence-electron chi connectivity index (χ3n) is 3.09. The molecule has 0 saturated carbocycles. The quantitative estimate of drug-likeness (QED) is 0.919. The van der Waals surface area contributed by atoms with E-state index in [2.05, 4.69) is 10.3 Å². The molecule has 0 fully saturated rings. The summed E-state index contributed by atoms with van der Waals surface area (Å²) in [5.41, 5.74) is 2.63. The van der Waals surface area contributed by atoms with Gasteiger partial charge in [-0.05, 0) is 30.7 Å². The van der Waals surface area contributed by atoms with Crippen molar-refractivity contribution in [3.63, 3.8) is 0 Å². The molecule has 1 N–H and O–H groups in total. The molecule has 102 valence electrons. The predicted octanol–water partition coefficient (Wildman–Crippen LogP) is 2.55. The largest absolute Gasteiger partial charge is 0.379 e. The number of benzene rings is 1. The van der Waals surface area contributed by atoms with Crippen molar-refractivity contribution in [1.29, 1.82) is 0 Å². The molecule has 1 heterocycles. The standard InChI is InChI=1S/C14H19FN4/c1-10-7-11(5-6-13(10)15)16-8-12-9-17-14(18(2)3)19(12)4/h5-7,9,16H,8H2,1-4H3. The first-order chi connectivity index (χ1) is 8.99. The van der Waals surface area contributed by atoms with E-state index in [1.807, 2.05) is 36.8 Å². The van der Waals surface area contributed by atoms with E-state index in [0.717, 1.165) is 17.3 Å². The second-order valence-corrected chi connectivity index (χ2v) is 4.82.